The maximum absolute atomic E-state index is 8.59. The second kappa shape index (κ2) is 3.22. The molecule has 52 valence electrons. The van der Waals surface area contributed by atoms with Crippen LogP contribution >= 0.6 is 0 Å². The van der Waals surface area contributed by atoms with Crippen LogP contribution in [0.15, 0.2) is 0 Å². The maximum atomic E-state index is 8.59. The van der Waals surface area contributed by atoms with Gasteiger partial charge in [0, 0.05) is 0 Å². The molecular formula is C8H10N2. The van der Waals surface area contributed by atoms with Gasteiger partial charge in [-0.2, -0.15) is 10.5 Å². The summed E-state index contributed by atoms with van der Waals surface area (Å²) in [5.74, 6) is 0.0255. The Morgan fingerprint density at radius 3 is 1.60 bits per heavy atom. The molecule has 1 fully saturated rings. The summed E-state index contributed by atoms with van der Waals surface area (Å²) >= 11 is 0. The van der Waals surface area contributed by atoms with Crippen LogP contribution in [-0.4, -0.2) is 0 Å². The van der Waals surface area contributed by atoms with Crippen LogP contribution in [0.25, 0.3) is 0 Å². The van der Waals surface area contributed by atoms with E-state index in [-0.39, 0.29) is 11.8 Å². The molecule has 0 heterocycles. The van der Waals surface area contributed by atoms with Crippen molar-refractivity contribution in [2.24, 2.45) is 11.8 Å². The van der Waals surface area contributed by atoms with Gasteiger partial charge < -0.3 is 0 Å². The molecule has 1 saturated carbocycles. The van der Waals surface area contributed by atoms with Crippen LogP contribution < -0.4 is 0 Å². The van der Waals surface area contributed by atoms with Crippen molar-refractivity contribution in [2.45, 2.75) is 25.7 Å². The molecule has 0 aromatic heterocycles. The van der Waals surface area contributed by atoms with Crippen LogP contribution in [0.2, 0.25) is 0 Å². The minimum Gasteiger partial charge on any atom is -0.198 e. The zero-order chi connectivity index (χ0) is 7.40. The summed E-state index contributed by atoms with van der Waals surface area (Å²) < 4.78 is 0. The van der Waals surface area contributed by atoms with Crippen molar-refractivity contribution in [1.29, 1.82) is 10.5 Å². The lowest BCUT2D eigenvalue weighted by Crippen LogP contribution is -2.15. The van der Waals surface area contributed by atoms with Crippen LogP contribution in [0.1, 0.15) is 25.7 Å². The Balaban J connectivity index is 2.54. The van der Waals surface area contributed by atoms with Gasteiger partial charge in [0.25, 0.3) is 0 Å². The van der Waals surface area contributed by atoms with Crippen molar-refractivity contribution in [3.8, 4) is 12.1 Å². The van der Waals surface area contributed by atoms with Gasteiger partial charge >= 0.3 is 0 Å². The first-order chi connectivity index (χ1) is 4.88. The van der Waals surface area contributed by atoms with Gasteiger partial charge in [-0.15, -0.1) is 0 Å². The summed E-state index contributed by atoms with van der Waals surface area (Å²) in [6.07, 6.45) is 4.09. The zero-order valence-electron chi connectivity index (χ0n) is 5.88. The molecule has 0 aliphatic heterocycles. The van der Waals surface area contributed by atoms with E-state index in [1.165, 1.54) is 0 Å². The molecule has 10 heavy (non-hydrogen) atoms. The Labute approximate surface area is 61.1 Å². The quantitative estimate of drug-likeness (QED) is 0.507. The fourth-order valence-corrected chi connectivity index (χ4v) is 1.44. The van der Waals surface area contributed by atoms with E-state index >= 15 is 0 Å². The molecule has 2 heteroatoms. The van der Waals surface area contributed by atoms with Crippen molar-refractivity contribution in [3.05, 3.63) is 0 Å². The summed E-state index contributed by atoms with van der Waals surface area (Å²) in [6.45, 7) is 0. The molecule has 0 radical (unpaired) electrons. The lowest BCUT2D eigenvalue weighted by Gasteiger charge is -2.19. The molecule has 0 spiro atoms. The second-order valence-electron chi connectivity index (χ2n) is 2.76. The van der Waals surface area contributed by atoms with Gasteiger partial charge in [0.15, 0.2) is 0 Å². The Morgan fingerprint density at radius 1 is 0.900 bits per heavy atom. The van der Waals surface area contributed by atoms with Gasteiger partial charge in [-0.25, -0.2) is 0 Å². The normalized spacial score (nSPS) is 32.2. The van der Waals surface area contributed by atoms with Gasteiger partial charge in [0.1, 0.15) is 0 Å². The predicted molar refractivity (Wildman–Crippen MR) is 36.7 cm³/mol. The molecule has 0 aromatic rings. The van der Waals surface area contributed by atoms with E-state index in [2.05, 4.69) is 12.1 Å². The SMILES string of the molecule is N#C[C@H]1CCCC[C@@H]1C#N. The molecule has 0 saturated heterocycles. The van der Waals surface area contributed by atoms with E-state index < -0.39 is 0 Å². The summed E-state index contributed by atoms with van der Waals surface area (Å²) in [7, 11) is 0. The lowest BCUT2D eigenvalue weighted by atomic mass is 9.81. The first-order valence-electron chi connectivity index (χ1n) is 3.67. The van der Waals surface area contributed by atoms with E-state index in [4.69, 9.17) is 10.5 Å². The van der Waals surface area contributed by atoms with Crippen molar-refractivity contribution < 1.29 is 0 Å². The highest BCUT2D eigenvalue weighted by Gasteiger charge is 2.23. The number of nitrogens with zero attached hydrogens (tertiary/aromatic N) is 2. The van der Waals surface area contributed by atoms with Crippen LogP contribution in [-0.2, 0) is 0 Å². The highest BCUT2D eigenvalue weighted by atomic mass is 14.4. The maximum Gasteiger partial charge on any atom is 0.0669 e. The summed E-state index contributed by atoms with van der Waals surface area (Å²) in [5.41, 5.74) is 0. The van der Waals surface area contributed by atoms with Crippen LogP contribution in [0.4, 0.5) is 0 Å². The molecular weight excluding hydrogens is 124 g/mol. The Hall–Kier alpha value is -1.02. The minimum absolute atomic E-state index is 0.0127. The van der Waals surface area contributed by atoms with Gasteiger partial charge in [0.2, 0.25) is 0 Å². The van der Waals surface area contributed by atoms with E-state index in [0.29, 0.717) is 0 Å². The average molecular weight is 134 g/mol. The summed E-state index contributed by atoms with van der Waals surface area (Å²) in [4.78, 5) is 0. The van der Waals surface area contributed by atoms with Gasteiger partial charge in [-0.05, 0) is 12.8 Å². The Kier molecular flexibility index (Phi) is 2.29. The molecule has 1 aliphatic rings. The topological polar surface area (TPSA) is 47.6 Å². The molecule has 1 rings (SSSR count). The molecule has 0 amide bonds. The molecule has 0 N–H and O–H groups in total. The third-order valence-electron chi connectivity index (χ3n) is 2.10. The molecule has 2 nitrogen and oxygen atoms in total. The fraction of sp³-hybridized carbons (Fsp3) is 0.750. The lowest BCUT2D eigenvalue weighted by molar-refractivity contribution is 0.352. The second-order valence-corrected chi connectivity index (χ2v) is 2.76. The van der Waals surface area contributed by atoms with E-state index in [0.717, 1.165) is 25.7 Å². The number of rotatable bonds is 0. The molecule has 0 unspecified atom stereocenters. The third kappa shape index (κ3) is 1.28. The monoisotopic (exact) mass is 134 g/mol. The Bertz CT molecular complexity index is 162. The first-order valence-corrected chi connectivity index (χ1v) is 3.67. The predicted octanol–water partition coefficient (Wildman–Crippen LogP) is 1.84. The van der Waals surface area contributed by atoms with Crippen LogP contribution in [0.3, 0.4) is 0 Å². The zero-order valence-corrected chi connectivity index (χ0v) is 5.88. The van der Waals surface area contributed by atoms with Crippen LogP contribution in [0, 0.1) is 34.5 Å². The number of hydrogen-bond donors (Lipinski definition) is 0. The van der Waals surface area contributed by atoms with Crippen molar-refractivity contribution in [2.75, 3.05) is 0 Å². The van der Waals surface area contributed by atoms with E-state index in [9.17, 15) is 0 Å². The van der Waals surface area contributed by atoms with E-state index in [1.54, 1.807) is 0 Å². The summed E-state index contributed by atoms with van der Waals surface area (Å²) in [6, 6.07) is 4.36. The molecule has 1 aliphatic carbocycles. The largest absolute Gasteiger partial charge is 0.198 e. The highest BCUT2D eigenvalue weighted by Crippen LogP contribution is 2.28. The van der Waals surface area contributed by atoms with Crippen LogP contribution in [0.5, 0.6) is 0 Å². The molecule has 2 atom stereocenters. The van der Waals surface area contributed by atoms with Gasteiger partial charge in [0.05, 0.1) is 24.0 Å². The third-order valence-corrected chi connectivity index (χ3v) is 2.10. The summed E-state index contributed by atoms with van der Waals surface area (Å²) in [5, 5.41) is 17.2. The van der Waals surface area contributed by atoms with Crippen molar-refractivity contribution >= 4 is 0 Å². The smallest absolute Gasteiger partial charge is 0.0669 e. The van der Waals surface area contributed by atoms with Gasteiger partial charge in [-0.3, -0.25) is 0 Å². The van der Waals surface area contributed by atoms with Crippen molar-refractivity contribution in [1.82, 2.24) is 0 Å². The van der Waals surface area contributed by atoms with E-state index in [1.807, 2.05) is 0 Å². The first kappa shape index (κ1) is 7.09. The standard InChI is InChI=1S/C8H10N2/c9-5-7-3-1-2-4-8(7)6-10/h7-8H,1-4H2/t7-,8-/m1/s1. The molecule has 0 bridgehead atoms. The number of hydrogen-bond acceptors (Lipinski definition) is 2. The fourth-order valence-electron chi connectivity index (χ4n) is 1.44. The highest BCUT2D eigenvalue weighted by molar-refractivity contribution is 4.99. The average Bonchev–Trinajstić information content (AvgIpc) is 2.04. The Morgan fingerprint density at radius 2 is 1.30 bits per heavy atom. The van der Waals surface area contributed by atoms with Gasteiger partial charge in [-0.1, -0.05) is 12.8 Å². The minimum atomic E-state index is 0.0127. The molecule has 0 aromatic carbocycles. The van der Waals surface area contributed by atoms with Crippen molar-refractivity contribution in [3.63, 3.8) is 0 Å². The number of nitriles is 2.